The number of halogens is 2. The van der Waals surface area contributed by atoms with Gasteiger partial charge in [0.05, 0.1) is 27.8 Å². The summed E-state index contributed by atoms with van der Waals surface area (Å²) in [5, 5.41) is 18.1. The van der Waals surface area contributed by atoms with Gasteiger partial charge in [-0.15, -0.1) is 0 Å². The van der Waals surface area contributed by atoms with Gasteiger partial charge in [0.15, 0.2) is 0 Å². The standard InChI is InChI=1S/C19H15Cl2N5O4/c1-2-30-19(27)11-3-6-13(7-4-11)24-17-16(26(28)29)18(23-10-22-17)25-15-8-5-12(20)9-14(15)21/h3-10H,2H2,1H3,(H2,22,23,24,25). The molecule has 3 aromatic rings. The number of ether oxygens (including phenoxy) is 1. The molecular formula is C19H15Cl2N5O4. The van der Waals surface area contributed by atoms with Gasteiger partial charge in [-0.05, 0) is 49.4 Å². The minimum atomic E-state index is -0.610. The van der Waals surface area contributed by atoms with Crippen molar-refractivity contribution < 1.29 is 14.5 Å². The van der Waals surface area contributed by atoms with E-state index >= 15 is 0 Å². The van der Waals surface area contributed by atoms with Gasteiger partial charge in [0.25, 0.3) is 0 Å². The highest BCUT2D eigenvalue weighted by Crippen LogP contribution is 2.35. The maximum absolute atomic E-state index is 11.7. The zero-order valence-corrected chi connectivity index (χ0v) is 17.1. The normalized spacial score (nSPS) is 10.4. The Balaban J connectivity index is 1.89. The van der Waals surface area contributed by atoms with Crippen LogP contribution in [0, 0.1) is 10.1 Å². The molecule has 3 rings (SSSR count). The van der Waals surface area contributed by atoms with E-state index in [-0.39, 0.29) is 29.0 Å². The third-order valence-electron chi connectivity index (χ3n) is 3.85. The van der Waals surface area contributed by atoms with Gasteiger partial charge >= 0.3 is 11.7 Å². The topological polar surface area (TPSA) is 119 Å². The van der Waals surface area contributed by atoms with Crippen LogP contribution in [-0.2, 0) is 4.74 Å². The van der Waals surface area contributed by atoms with E-state index in [1.807, 2.05) is 0 Å². The van der Waals surface area contributed by atoms with Gasteiger partial charge in [0.1, 0.15) is 6.33 Å². The van der Waals surface area contributed by atoms with E-state index in [2.05, 4.69) is 20.6 Å². The van der Waals surface area contributed by atoms with Crippen LogP contribution in [0.2, 0.25) is 10.0 Å². The van der Waals surface area contributed by atoms with E-state index in [0.717, 1.165) is 0 Å². The number of nitrogens with zero attached hydrogens (tertiary/aromatic N) is 3. The lowest BCUT2D eigenvalue weighted by Crippen LogP contribution is -2.06. The van der Waals surface area contributed by atoms with Crippen molar-refractivity contribution >= 4 is 57.9 Å². The maximum atomic E-state index is 11.7. The Hall–Kier alpha value is -3.43. The molecule has 0 amide bonds. The first-order valence-corrected chi connectivity index (χ1v) is 9.40. The number of hydrogen-bond acceptors (Lipinski definition) is 8. The summed E-state index contributed by atoms with van der Waals surface area (Å²) in [6.07, 6.45) is 1.18. The van der Waals surface area contributed by atoms with Crippen molar-refractivity contribution in [3.63, 3.8) is 0 Å². The lowest BCUT2D eigenvalue weighted by Gasteiger charge is -2.11. The van der Waals surface area contributed by atoms with Crippen LogP contribution in [0.4, 0.5) is 28.7 Å². The Morgan fingerprint density at radius 1 is 1.10 bits per heavy atom. The van der Waals surface area contributed by atoms with Crippen molar-refractivity contribution in [3.8, 4) is 0 Å². The second-order valence-corrected chi connectivity index (χ2v) is 6.69. The molecule has 1 heterocycles. The molecule has 30 heavy (non-hydrogen) atoms. The average Bonchev–Trinajstić information content (AvgIpc) is 2.71. The Morgan fingerprint density at radius 2 is 1.77 bits per heavy atom. The fourth-order valence-electron chi connectivity index (χ4n) is 2.49. The van der Waals surface area contributed by atoms with E-state index in [1.165, 1.54) is 12.4 Å². The van der Waals surface area contributed by atoms with Crippen molar-refractivity contribution in [3.05, 3.63) is 74.5 Å². The Bertz CT molecular complexity index is 1090. The van der Waals surface area contributed by atoms with E-state index < -0.39 is 10.9 Å². The SMILES string of the molecule is CCOC(=O)c1ccc(Nc2ncnc(Nc3ccc(Cl)cc3Cl)c2[N+](=O)[O-])cc1. The number of hydrogen-bond donors (Lipinski definition) is 2. The summed E-state index contributed by atoms with van der Waals surface area (Å²) < 4.78 is 4.93. The van der Waals surface area contributed by atoms with Gasteiger partial charge in [0, 0.05) is 10.7 Å². The van der Waals surface area contributed by atoms with Gasteiger partial charge in [0.2, 0.25) is 11.6 Å². The van der Waals surface area contributed by atoms with E-state index in [9.17, 15) is 14.9 Å². The molecule has 154 valence electrons. The second kappa shape index (κ2) is 9.38. The molecule has 0 radical (unpaired) electrons. The largest absolute Gasteiger partial charge is 0.462 e. The van der Waals surface area contributed by atoms with E-state index in [1.54, 1.807) is 43.3 Å². The lowest BCUT2D eigenvalue weighted by atomic mass is 10.2. The molecule has 0 unspecified atom stereocenters. The van der Waals surface area contributed by atoms with Crippen LogP contribution in [0.1, 0.15) is 17.3 Å². The smallest absolute Gasteiger partial charge is 0.353 e. The molecule has 1 aromatic heterocycles. The zero-order chi connectivity index (χ0) is 21.7. The Labute approximate surface area is 181 Å². The maximum Gasteiger partial charge on any atom is 0.353 e. The number of nitrogens with one attached hydrogen (secondary N) is 2. The summed E-state index contributed by atoms with van der Waals surface area (Å²) in [7, 11) is 0. The third kappa shape index (κ3) is 4.94. The molecule has 0 aliphatic rings. The summed E-state index contributed by atoms with van der Waals surface area (Å²) >= 11 is 12.0. The first-order chi connectivity index (χ1) is 14.4. The molecule has 11 heteroatoms. The minimum absolute atomic E-state index is 0.0357. The molecule has 0 fully saturated rings. The lowest BCUT2D eigenvalue weighted by molar-refractivity contribution is -0.383. The van der Waals surface area contributed by atoms with E-state index in [0.29, 0.717) is 22.0 Å². The van der Waals surface area contributed by atoms with Gasteiger partial charge in [-0.3, -0.25) is 10.1 Å². The predicted octanol–water partition coefficient (Wildman–Crippen LogP) is 5.36. The predicted molar refractivity (Wildman–Crippen MR) is 114 cm³/mol. The highest BCUT2D eigenvalue weighted by Gasteiger charge is 2.24. The van der Waals surface area contributed by atoms with Crippen LogP contribution in [0.3, 0.4) is 0 Å². The minimum Gasteiger partial charge on any atom is -0.462 e. The van der Waals surface area contributed by atoms with Crippen LogP contribution in [0.5, 0.6) is 0 Å². The molecular weight excluding hydrogens is 433 g/mol. The van der Waals surface area contributed by atoms with Gasteiger partial charge in [-0.2, -0.15) is 0 Å². The van der Waals surface area contributed by atoms with Crippen molar-refractivity contribution in [1.29, 1.82) is 0 Å². The third-order valence-corrected chi connectivity index (χ3v) is 4.40. The van der Waals surface area contributed by atoms with Crippen LogP contribution in [-0.4, -0.2) is 27.5 Å². The van der Waals surface area contributed by atoms with Gasteiger partial charge in [-0.1, -0.05) is 23.2 Å². The molecule has 9 nitrogen and oxygen atoms in total. The highest BCUT2D eigenvalue weighted by molar-refractivity contribution is 6.36. The molecule has 0 saturated carbocycles. The molecule has 0 aliphatic carbocycles. The van der Waals surface area contributed by atoms with E-state index in [4.69, 9.17) is 27.9 Å². The summed E-state index contributed by atoms with van der Waals surface area (Å²) in [5.74, 6) is -0.542. The number of rotatable bonds is 7. The molecule has 2 aromatic carbocycles. The highest BCUT2D eigenvalue weighted by atomic mass is 35.5. The monoisotopic (exact) mass is 447 g/mol. The second-order valence-electron chi connectivity index (χ2n) is 5.85. The molecule has 0 atom stereocenters. The van der Waals surface area contributed by atoms with Crippen molar-refractivity contribution in [1.82, 2.24) is 9.97 Å². The van der Waals surface area contributed by atoms with Crippen LogP contribution >= 0.6 is 23.2 Å². The summed E-state index contributed by atoms with van der Waals surface area (Å²) in [5.41, 5.74) is 0.866. The van der Waals surface area contributed by atoms with Crippen LogP contribution in [0.15, 0.2) is 48.8 Å². The summed E-state index contributed by atoms with van der Waals surface area (Å²) in [4.78, 5) is 30.8. The number of benzene rings is 2. The molecule has 0 bridgehead atoms. The number of anilines is 4. The number of carbonyl (C=O) groups is 1. The molecule has 0 spiro atoms. The van der Waals surface area contributed by atoms with Crippen molar-refractivity contribution in [2.75, 3.05) is 17.2 Å². The Kier molecular flexibility index (Phi) is 6.65. The average molecular weight is 448 g/mol. The molecule has 0 aliphatic heterocycles. The number of carbonyl (C=O) groups excluding carboxylic acids is 1. The Morgan fingerprint density at radius 3 is 2.37 bits per heavy atom. The fraction of sp³-hybridized carbons (Fsp3) is 0.105. The number of aromatic nitrogens is 2. The summed E-state index contributed by atoms with van der Waals surface area (Å²) in [6.45, 7) is 1.98. The zero-order valence-electron chi connectivity index (χ0n) is 15.6. The number of esters is 1. The molecule has 0 saturated heterocycles. The van der Waals surface area contributed by atoms with Crippen LogP contribution < -0.4 is 10.6 Å². The van der Waals surface area contributed by atoms with Gasteiger partial charge in [-0.25, -0.2) is 14.8 Å². The quantitative estimate of drug-likeness (QED) is 0.282. The first-order valence-electron chi connectivity index (χ1n) is 8.64. The van der Waals surface area contributed by atoms with Crippen LogP contribution in [0.25, 0.3) is 0 Å². The van der Waals surface area contributed by atoms with Crippen molar-refractivity contribution in [2.45, 2.75) is 6.92 Å². The van der Waals surface area contributed by atoms with Gasteiger partial charge < -0.3 is 15.4 Å². The molecule has 2 N–H and O–H groups in total. The van der Waals surface area contributed by atoms with Crippen molar-refractivity contribution in [2.24, 2.45) is 0 Å². The fourth-order valence-corrected chi connectivity index (χ4v) is 2.95. The summed E-state index contributed by atoms with van der Waals surface area (Å²) in [6, 6.07) is 10.9. The first kappa shape index (κ1) is 21.3. The number of nitro groups is 1.